The average Bonchev–Trinajstić information content (AvgIpc) is 3.04. The van der Waals surface area contributed by atoms with Crippen LogP contribution in [0.2, 0.25) is 0 Å². The Hall–Kier alpha value is -3.28. The number of rotatable bonds is 6. The number of aromatic nitrogens is 1. The van der Waals surface area contributed by atoms with Crippen molar-refractivity contribution in [2.24, 2.45) is 0 Å². The monoisotopic (exact) mass is 337 g/mol. The number of carbonyl (C=O) groups excluding carboxylic acids is 2. The number of aliphatic carboxylic acids is 1. The predicted octanol–water partition coefficient (Wildman–Crippen LogP) is 1.27. The first kappa shape index (κ1) is 16.6. The minimum atomic E-state index is -1.33. The number of H-pyrrole nitrogens is 1. The number of ether oxygens (including phenoxy) is 1. The maximum atomic E-state index is 12.3. The van der Waals surface area contributed by atoms with Crippen molar-refractivity contribution in [3.63, 3.8) is 0 Å². The molecule has 0 radical (unpaired) electrons. The van der Waals surface area contributed by atoms with Gasteiger partial charge >= 0.3 is 0 Å². The van der Waals surface area contributed by atoms with Crippen LogP contribution < -0.4 is 15.2 Å². The van der Waals surface area contributed by atoms with E-state index in [2.05, 4.69) is 10.3 Å². The molecule has 0 aliphatic heterocycles. The number of nitrogens with one attached hydrogen (secondary N) is 2. The summed E-state index contributed by atoms with van der Waals surface area (Å²) in [7, 11) is 1.53. The quantitative estimate of drug-likeness (QED) is 0.708. The molecule has 2 N–H and O–H groups in total. The number of hydrogen-bond acceptors (Lipinski definition) is 4. The zero-order valence-corrected chi connectivity index (χ0v) is 13.6. The Morgan fingerprint density at radius 3 is 2.56 bits per heavy atom. The molecular weight excluding hydrogens is 320 g/mol. The number of fused-ring (bicyclic) bond motifs is 1. The minimum absolute atomic E-state index is 0.133. The van der Waals surface area contributed by atoms with Gasteiger partial charge in [-0.15, -0.1) is 0 Å². The van der Waals surface area contributed by atoms with Gasteiger partial charge in [0.05, 0.1) is 19.1 Å². The van der Waals surface area contributed by atoms with E-state index in [1.807, 2.05) is 24.3 Å². The Balaban J connectivity index is 1.76. The summed E-state index contributed by atoms with van der Waals surface area (Å²) in [4.78, 5) is 26.9. The van der Waals surface area contributed by atoms with Gasteiger partial charge in [0, 0.05) is 29.1 Å². The van der Waals surface area contributed by atoms with E-state index in [1.54, 1.807) is 30.5 Å². The molecule has 0 fully saturated rings. The van der Waals surface area contributed by atoms with Gasteiger partial charge < -0.3 is 24.9 Å². The fraction of sp³-hybridized carbons (Fsp3) is 0.158. The Kier molecular flexibility index (Phi) is 4.70. The van der Waals surface area contributed by atoms with Gasteiger partial charge in [0.1, 0.15) is 5.75 Å². The predicted molar refractivity (Wildman–Crippen MR) is 91.3 cm³/mol. The van der Waals surface area contributed by atoms with Crippen molar-refractivity contribution in [3.05, 3.63) is 65.9 Å². The van der Waals surface area contributed by atoms with E-state index in [4.69, 9.17) is 4.74 Å². The first-order valence-electron chi connectivity index (χ1n) is 7.79. The normalized spacial score (nSPS) is 11.9. The van der Waals surface area contributed by atoms with Crippen LogP contribution in [0.1, 0.15) is 15.9 Å². The molecule has 0 saturated carbocycles. The number of methoxy groups -OCH3 is 1. The van der Waals surface area contributed by atoms with Gasteiger partial charge in [0.2, 0.25) is 0 Å². The highest BCUT2D eigenvalue weighted by Crippen LogP contribution is 2.19. The van der Waals surface area contributed by atoms with E-state index in [0.717, 1.165) is 16.5 Å². The van der Waals surface area contributed by atoms with Crippen LogP contribution >= 0.6 is 0 Å². The summed E-state index contributed by atoms with van der Waals surface area (Å²) >= 11 is 0. The summed E-state index contributed by atoms with van der Waals surface area (Å²) in [5.41, 5.74) is 2.07. The lowest BCUT2D eigenvalue weighted by atomic mass is 10.0. The van der Waals surface area contributed by atoms with Gasteiger partial charge in [-0.05, 0) is 35.9 Å². The van der Waals surface area contributed by atoms with E-state index in [1.165, 1.54) is 7.11 Å². The fourth-order valence-corrected chi connectivity index (χ4v) is 2.70. The van der Waals surface area contributed by atoms with Crippen molar-refractivity contribution in [1.82, 2.24) is 10.3 Å². The summed E-state index contributed by atoms with van der Waals surface area (Å²) in [6, 6.07) is 12.9. The van der Waals surface area contributed by atoms with Crippen molar-refractivity contribution in [2.45, 2.75) is 12.5 Å². The van der Waals surface area contributed by atoms with Crippen LogP contribution in [0.4, 0.5) is 0 Å². The van der Waals surface area contributed by atoms with E-state index in [0.29, 0.717) is 11.3 Å². The van der Waals surface area contributed by atoms with Crippen molar-refractivity contribution < 1.29 is 19.4 Å². The number of aromatic amines is 1. The Labute approximate surface area is 144 Å². The molecule has 2 aromatic carbocycles. The Morgan fingerprint density at radius 1 is 1.16 bits per heavy atom. The number of benzene rings is 2. The molecular formula is C19H17N2O4-. The van der Waals surface area contributed by atoms with Crippen molar-refractivity contribution in [2.75, 3.05) is 7.11 Å². The Morgan fingerprint density at radius 2 is 1.88 bits per heavy atom. The summed E-state index contributed by atoms with van der Waals surface area (Å²) < 4.78 is 5.04. The lowest BCUT2D eigenvalue weighted by molar-refractivity contribution is -0.308. The van der Waals surface area contributed by atoms with Gasteiger partial charge in [0.15, 0.2) is 0 Å². The van der Waals surface area contributed by atoms with Crippen LogP contribution in [0.3, 0.4) is 0 Å². The number of hydrogen-bond donors (Lipinski definition) is 2. The fourth-order valence-electron chi connectivity index (χ4n) is 2.70. The molecule has 0 bridgehead atoms. The van der Waals surface area contributed by atoms with Crippen molar-refractivity contribution in [1.29, 1.82) is 0 Å². The van der Waals surface area contributed by atoms with E-state index < -0.39 is 17.9 Å². The van der Waals surface area contributed by atoms with E-state index >= 15 is 0 Å². The third kappa shape index (κ3) is 3.63. The molecule has 3 rings (SSSR count). The topological polar surface area (TPSA) is 94.2 Å². The lowest BCUT2D eigenvalue weighted by Crippen LogP contribution is -2.49. The highest BCUT2D eigenvalue weighted by Gasteiger charge is 2.17. The zero-order chi connectivity index (χ0) is 17.8. The number of para-hydroxylation sites is 1. The molecule has 1 aromatic heterocycles. The first-order chi connectivity index (χ1) is 12.1. The Bertz CT molecular complexity index is 899. The summed E-state index contributed by atoms with van der Waals surface area (Å²) in [6.07, 6.45) is 1.88. The molecule has 25 heavy (non-hydrogen) atoms. The molecule has 1 heterocycles. The van der Waals surface area contributed by atoms with Crippen LogP contribution in [0.15, 0.2) is 54.7 Å². The molecule has 1 amide bonds. The molecule has 0 spiro atoms. The first-order valence-corrected chi connectivity index (χ1v) is 7.79. The minimum Gasteiger partial charge on any atom is -0.548 e. The largest absolute Gasteiger partial charge is 0.548 e. The zero-order valence-electron chi connectivity index (χ0n) is 13.6. The van der Waals surface area contributed by atoms with Gasteiger partial charge in [0.25, 0.3) is 5.91 Å². The maximum Gasteiger partial charge on any atom is 0.251 e. The van der Waals surface area contributed by atoms with Crippen molar-refractivity contribution in [3.8, 4) is 5.75 Å². The lowest BCUT2D eigenvalue weighted by Gasteiger charge is -2.19. The number of carbonyl (C=O) groups is 2. The molecule has 0 aliphatic rings. The summed E-state index contributed by atoms with van der Waals surface area (Å²) in [6.45, 7) is 0. The van der Waals surface area contributed by atoms with Crippen LogP contribution in [-0.2, 0) is 11.2 Å². The molecule has 1 atom stereocenters. The third-order valence-corrected chi connectivity index (χ3v) is 4.04. The molecule has 0 aliphatic carbocycles. The average molecular weight is 337 g/mol. The number of carboxylic acid groups (broad SMARTS) is 1. The number of amides is 1. The second-order valence-electron chi connectivity index (χ2n) is 5.64. The highest BCUT2D eigenvalue weighted by atomic mass is 16.5. The SMILES string of the molecule is COc1ccc(C(=O)N[C@@H](Cc2c[nH]c3ccccc23)C(=O)[O-])cc1. The molecule has 3 aromatic rings. The molecule has 6 nitrogen and oxygen atoms in total. The molecule has 0 saturated heterocycles. The summed E-state index contributed by atoms with van der Waals surface area (Å²) in [5.74, 6) is -1.18. The van der Waals surface area contributed by atoms with E-state index in [9.17, 15) is 14.7 Å². The van der Waals surface area contributed by atoms with E-state index in [-0.39, 0.29) is 6.42 Å². The maximum absolute atomic E-state index is 12.3. The van der Waals surface area contributed by atoms with Crippen LogP contribution in [0.5, 0.6) is 5.75 Å². The summed E-state index contributed by atoms with van der Waals surface area (Å²) in [5, 5.41) is 14.9. The highest BCUT2D eigenvalue weighted by molar-refractivity contribution is 5.96. The number of carboxylic acids is 1. The standard InChI is InChI=1S/C19H18N2O4/c1-25-14-8-6-12(7-9-14)18(22)21-17(19(23)24)10-13-11-20-16-5-3-2-4-15(13)16/h2-9,11,17,20H,10H2,1H3,(H,21,22)(H,23,24)/p-1/t17-/m0/s1. The van der Waals surface area contributed by atoms with Gasteiger partial charge in [-0.2, -0.15) is 0 Å². The van der Waals surface area contributed by atoms with Crippen LogP contribution in [0.25, 0.3) is 10.9 Å². The second kappa shape index (κ2) is 7.09. The van der Waals surface area contributed by atoms with Crippen molar-refractivity contribution >= 4 is 22.8 Å². The second-order valence-corrected chi connectivity index (χ2v) is 5.64. The van der Waals surface area contributed by atoms with Gasteiger partial charge in [-0.25, -0.2) is 0 Å². The van der Waals surface area contributed by atoms with Crippen LogP contribution in [0, 0.1) is 0 Å². The van der Waals surface area contributed by atoms with Gasteiger partial charge in [-0.1, -0.05) is 18.2 Å². The molecule has 6 heteroatoms. The third-order valence-electron chi connectivity index (χ3n) is 4.04. The molecule has 0 unspecified atom stereocenters. The smallest absolute Gasteiger partial charge is 0.251 e. The molecule has 128 valence electrons. The van der Waals surface area contributed by atoms with Crippen LogP contribution in [-0.4, -0.2) is 30.0 Å². The van der Waals surface area contributed by atoms with Gasteiger partial charge in [-0.3, -0.25) is 4.79 Å².